The van der Waals surface area contributed by atoms with Gasteiger partial charge in [0.25, 0.3) is 0 Å². The van der Waals surface area contributed by atoms with Gasteiger partial charge in [-0.05, 0) is 49.4 Å². The van der Waals surface area contributed by atoms with Gasteiger partial charge >= 0.3 is 0 Å². The molecule has 0 radical (unpaired) electrons. The number of carbonyl (C=O) groups is 2. The molecule has 2 N–H and O–H groups in total. The summed E-state index contributed by atoms with van der Waals surface area (Å²) >= 11 is 0. The minimum absolute atomic E-state index is 0.0286. The first-order chi connectivity index (χ1) is 13.3. The second-order valence-corrected chi connectivity index (χ2v) is 7.94. The number of carbonyl (C=O) groups excluding carboxylic acids is 2. The smallest absolute Gasteiger partial charge is 0.244 e. The Morgan fingerprint density at radius 1 is 1.07 bits per heavy atom. The standard InChI is InChI=1S/C23H29N3O2/c1-15(2)13-18-9-11-19(12-10-18)16(3)24-17(4)23(28)26-14-22(27)25-20-7-5-6-8-21(20)26/h5-12,15-17,24H,13-14H2,1-4H3,(H,25,27)/t16-,17-/m0/s1. The van der Waals surface area contributed by atoms with Crippen molar-refractivity contribution in [3.8, 4) is 0 Å². The fourth-order valence-corrected chi connectivity index (χ4v) is 3.62. The van der Waals surface area contributed by atoms with Crippen LogP contribution >= 0.6 is 0 Å². The zero-order valence-corrected chi connectivity index (χ0v) is 17.0. The highest BCUT2D eigenvalue weighted by Gasteiger charge is 2.30. The molecule has 2 aromatic rings. The van der Waals surface area contributed by atoms with Crippen molar-refractivity contribution in [1.29, 1.82) is 0 Å². The second kappa shape index (κ2) is 8.57. The van der Waals surface area contributed by atoms with E-state index in [-0.39, 0.29) is 24.4 Å². The molecule has 0 saturated carbocycles. The van der Waals surface area contributed by atoms with Gasteiger partial charge in [-0.2, -0.15) is 0 Å². The van der Waals surface area contributed by atoms with Crippen LogP contribution in [0.4, 0.5) is 11.4 Å². The highest BCUT2D eigenvalue weighted by Crippen LogP contribution is 2.29. The average molecular weight is 380 g/mol. The summed E-state index contributed by atoms with van der Waals surface area (Å²) in [4.78, 5) is 26.6. The molecule has 0 aliphatic carbocycles. The Labute approximate surface area is 167 Å². The normalized spacial score (nSPS) is 15.8. The van der Waals surface area contributed by atoms with Gasteiger partial charge in [-0.3, -0.25) is 19.8 Å². The molecule has 5 heteroatoms. The Bertz CT molecular complexity index is 845. The molecule has 2 atom stereocenters. The van der Waals surface area contributed by atoms with Crippen LogP contribution in [0.25, 0.3) is 0 Å². The molecule has 28 heavy (non-hydrogen) atoms. The van der Waals surface area contributed by atoms with E-state index < -0.39 is 6.04 Å². The van der Waals surface area contributed by atoms with Crippen molar-refractivity contribution in [3.63, 3.8) is 0 Å². The summed E-state index contributed by atoms with van der Waals surface area (Å²) in [6.45, 7) is 8.37. The summed E-state index contributed by atoms with van der Waals surface area (Å²) in [5.41, 5.74) is 3.88. The number of nitrogens with zero attached hydrogens (tertiary/aromatic N) is 1. The molecule has 1 aliphatic rings. The lowest BCUT2D eigenvalue weighted by atomic mass is 9.99. The topological polar surface area (TPSA) is 61.4 Å². The number of rotatable bonds is 6. The molecule has 0 spiro atoms. The van der Waals surface area contributed by atoms with Gasteiger partial charge in [-0.1, -0.05) is 50.2 Å². The number of nitrogens with one attached hydrogen (secondary N) is 2. The number of benzene rings is 2. The van der Waals surface area contributed by atoms with E-state index in [0.717, 1.165) is 17.7 Å². The summed E-state index contributed by atoms with van der Waals surface area (Å²) in [7, 11) is 0. The first-order valence-corrected chi connectivity index (χ1v) is 9.90. The third-order valence-electron chi connectivity index (χ3n) is 5.03. The van der Waals surface area contributed by atoms with Crippen LogP contribution in [0.2, 0.25) is 0 Å². The molecule has 0 aromatic heterocycles. The summed E-state index contributed by atoms with van der Waals surface area (Å²) < 4.78 is 0. The van der Waals surface area contributed by atoms with E-state index in [2.05, 4.69) is 55.7 Å². The van der Waals surface area contributed by atoms with Crippen molar-refractivity contribution in [3.05, 3.63) is 59.7 Å². The molecule has 0 saturated heterocycles. The van der Waals surface area contributed by atoms with Crippen molar-refractivity contribution in [1.82, 2.24) is 5.32 Å². The van der Waals surface area contributed by atoms with Gasteiger partial charge in [0, 0.05) is 6.04 Å². The number of amides is 2. The van der Waals surface area contributed by atoms with Gasteiger partial charge in [-0.15, -0.1) is 0 Å². The van der Waals surface area contributed by atoms with Gasteiger partial charge < -0.3 is 5.32 Å². The quantitative estimate of drug-likeness (QED) is 0.800. The van der Waals surface area contributed by atoms with Gasteiger partial charge in [-0.25, -0.2) is 0 Å². The second-order valence-electron chi connectivity index (χ2n) is 7.94. The molecule has 0 bridgehead atoms. The molecule has 2 aromatic carbocycles. The SMILES string of the molecule is CC(C)Cc1ccc([C@H](C)N[C@@H](C)C(=O)N2CC(=O)Nc3ccccc32)cc1. The van der Waals surface area contributed by atoms with E-state index in [0.29, 0.717) is 11.6 Å². The average Bonchev–Trinajstić information content (AvgIpc) is 2.66. The fourth-order valence-electron chi connectivity index (χ4n) is 3.62. The summed E-state index contributed by atoms with van der Waals surface area (Å²) in [5.74, 6) is 0.349. The Hall–Kier alpha value is -2.66. The number of hydrogen-bond acceptors (Lipinski definition) is 3. The van der Waals surface area contributed by atoms with E-state index in [9.17, 15) is 9.59 Å². The number of fused-ring (bicyclic) bond motifs is 1. The van der Waals surface area contributed by atoms with Crippen LogP contribution in [0.3, 0.4) is 0 Å². The van der Waals surface area contributed by atoms with Crippen molar-refractivity contribution in [2.75, 3.05) is 16.8 Å². The number of para-hydroxylation sites is 2. The Balaban J connectivity index is 1.68. The maximum Gasteiger partial charge on any atom is 0.244 e. The molecule has 148 valence electrons. The van der Waals surface area contributed by atoms with Crippen molar-refractivity contribution in [2.45, 2.75) is 46.2 Å². The molecule has 3 rings (SSSR count). The van der Waals surface area contributed by atoms with Crippen molar-refractivity contribution in [2.24, 2.45) is 5.92 Å². The molecule has 2 amide bonds. The van der Waals surface area contributed by atoms with E-state index in [1.807, 2.05) is 31.2 Å². The largest absolute Gasteiger partial charge is 0.323 e. The predicted octanol–water partition coefficient (Wildman–Crippen LogP) is 3.91. The summed E-state index contributed by atoms with van der Waals surface area (Å²) in [6, 6.07) is 15.6. The molecule has 5 nitrogen and oxygen atoms in total. The van der Waals surface area contributed by atoms with Gasteiger partial charge in [0.1, 0.15) is 6.54 Å². The minimum atomic E-state index is -0.413. The number of hydrogen-bond donors (Lipinski definition) is 2. The highest BCUT2D eigenvalue weighted by atomic mass is 16.2. The van der Waals surface area contributed by atoms with Crippen LogP contribution in [0, 0.1) is 5.92 Å². The molecule has 0 fully saturated rings. The first-order valence-electron chi connectivity index (χ1n) is 9.90. The van der Waals surface area contributed by atoms with Gasteiger partial charge in [0.2, 0.25) is 11.8 Å². The Kier molecular flexibility index (Phi) is 6.15. The predicted molar refractivity (Wildman–Crippen MR) is 113 cm³/mol. The van der Waals surface area contributed by atoms with Gasteiger partial charge in [0.15, 0.2) is 0 Å². The molecular formula is C23H29N3O2. The van der Waals surface area contributed by atoms with E-state index in [1.54, 1.807) is 4.90 Å². The zero-order valence-electron chi connectivity index (χ0n) is 17.0. The van der Waals surface area contributed by atoms with Crippen LogP contribution in [-0.4, -0.2) is 24.4 Å². The molecular weight excluding hydrogens is 350 g/mol. The van der Waals surface area contributed by atoms with Crippen molar-refractivity contribution >= 4 is 23.2 Å². The first kappa shape index (κ1) is 20.1. The van der Waals surface area contributed by atoms with Gasteiger partial charge in [0.05, 0.1) is 17.4 Å². The lowest BCUT2D eigenvalue weighted by Gasteiger charge is -2.32. The maximum atomic E-state index is 13.0. The minimum Gasteiger partial charge on any atom is -0.323 e. The Morgan fingerprint density at radius 2 is 1.75 bits per heavy atom. The maximum absolute atomic E-state index is 13.0. The van der Waals surface area contributed by atoms with Crippen LogP contribution in [0.5, 0.6) is 0 Å². The monoisotopic (exact) mass is 379 g/mol. The van der Waals surface area contributed by atoms with E-state index in [4.69, 9.17) is 0 Å². The summed E-state index contributed by atoms with van der Waals surface area (Å²) in [6.07, 6.45) is 1.06. The number of anilines is 2. The third kappa shape index (κ3) is 4.60. The zero-order chi connectivity index (χ0) is 20.3. The Morgan fingerprint density at radius 3 is 2.43 bits per heavy atom. The van der Waals surface area contributed by atoms with Crippen molar-refractivity contribution < 1.29 is 9.59 Å². The third-order valence-corrected chi connectivity index (χ3v) is 5.03. The lowest BCUT2D eigenvalue weighted by molar-refractivity contribution is -0.123. The van der Waals surface area contributed by atoms with E-state index >= 15 is 0 Å². The molecule has 0 unspecified atom stereocenters. The lowest BCUT2D eigenvalue weighted by Crippen LogP contribution is -2.50. The summed E-state index contributed by atoms with van der Waals surface area (Å²) in [5, 5.41) is 6.19. The van der Waals surface area contributed by atoms with E-state index in [1.165, 1.54) is 5.56 Å². The highest BCUT2D eigenvalue weighted by molar-refractivity contribution is 6.11. The van der Waals surface area contributed by atoms with Crippen LogP contribution < -0.4 is 15.5 Å². The van der Waals surface area contributed by atoms with Crippen LogP contribution in [0.1, 0.15) is 44.9 Å². The molecule has 1 heterocycles. The van der Waals surface area contributed by atoms with Crippen LogP contribution in [-0.2, 0) is 16.0 Å². The van der Waals surface area contributed by atoms with Crippen LogP contribution in [0.15, 0.2) is 48.5 Å². The fraction of sp³-hybridized carbons (Fsp3) is 0.391. The molecule has 1 aliphatic heterocycles.